The predicted octanol–water partition coefficient (Wildman–Crippen LogP) is 4.06. The van der Waals surface area contributed by atoms with E-state index < -0.39 is 0 Å². The maximum Gasteiger partial charge on any atom is 0.321 e. The van der Waals surface area contributed by atoms with E-state index in [1.807, 2.05) is 24.3 Å². The fraction of sp³-hybridized carbons (Fsp3) is 0.278. The van der Waals surface area contributed by atoms with Crippen molar-refractivity contribution in [3.63, 3.8) is 0 Å². The largest absolute Gasteiger partial charge is 0.497 e. The molecule has 2 rings (SSSR count). The third kappa shape index (κ3) is 5.06. The first-order valence-corrected chi connectivity index (χ1v) is 7.91. The maximum atomic E-state index is 11.6. The van der Waals surface area contributed by atoms with E-state index in [4.69, 9.17) is 21.1 Å². The summed E-state index contributed by atoms with van der Waals surface area (Å²) in [4.78, 5) is 13.1. The summed E-state index contributed by atoms with van der Waals surface area (Å²) in [6, 6.07) is 12.8. The Kier molecular flexibility index (Phi) is 6.32. The Morgan fingerprint density at radius 3 is 2.46 bits per heavy atom. The molecule has 0 aromatic heterocycles. The molecule has 128 valence electrons. The summed E-state index contributed by atoms with van der Waals surface area (Å²) in [6.45, 7) is 0.509. The van der Waals surface area contributed by atoms with Gasteiger partial charge in [0.1, 0.15) is 11.5 Å². The van der Waals surface area contributed by atoms with Crippen LogP contribution in [0.5, 0.6) is 11.5 Å². The lowest BCUT2D eigenvalue weighted by atomic mass is 10.1. The summed E-state index contributed by atoms with van der Waals surface area (Å²) in [5.74, 6) is 1.42. The minimum absolute atomic E-state index is 0.209. The summed E-state index contributed by atoms with van der Waals surface area (Å²) in [5, 5.41) is 3.20. The van der Waals surface area contributed by atoms with Crippen molar-refractivity contribution in [3.05, 3.63) is 53.1 Å². The van der Waals surface area contributed by atoms with E-state index in [9.17, 15) is 4.79 Å². The second-order valence-corrected chi connectivity index (χ2v) is 5.82. The van der Waals surface area contributed by atoms with Gasteiger partial charge < -0.3 is 19.7 Å². The van der Waals surface area contributed by atoms with Crippen molar-refractivity contribution < 1.29 is 14.3 Å². The van der Waals surface area contributed by atoms with Gasteiger partial charge in [-0.25, -0.2) is 4.79 Å². The van der Waals surface area contributed by atoms with Gasteiger partial charge in [-0.3, -0.25) is 0 Å². The molecule has 0 aliphatic heterocycles. The van der Waals surface area contributed by atoms with Crippen molar-refractivity contribution >= 4 is 23.3 Å². The standard InChI is InChI=1S/C18H21ClN2O3/c1-21(2)18(22)20-14-6-9-17(16(19)12-14)24-11-10-13-4-7-15(23-3)8-5-13/h4-9,12H,10-11H2,1-3H3,(H,20,22). The Morgan fingerprint density at radius 1 is 1.17 bits per heavy atom. The number of rotatable bonds is 6. The molecule has 0 unspecified atom stereocenters. The number of benzene rings is 2. The Morgan fingerprint density at radius 2 is 1.88 bits per heavy atom. The number of hydrogen-bond donors (Lipinski definition) is 1. The Labute approximate surface area is 147 Å². The van der Waals surface area contributed by atoms with Gasteiger partial charge in [-0.2, -0.15) is 0 Å². The van der Waals surface area contributed by atoms with Crippen molar-refractivity contribution in [1.82, 2.24) is 4.90 Å². The van der Waals surface area contributed by atoms with Gasteiger partial charge >= 0.3 is 6.03 Å². The van der Waals surface area contributed by atoms with Crippen LogP contribution < -0.4 is 14.8 Å². The summed E-state index contributed by atoms with van der Waals surface area (Å²) in [7, 11) is 4.99. The van der Waals surface area contributed by atoms with Gasteiger partial charge in [0.05, 0.1) is 18.7 Å². The SMILES string of the molecule is COc1ccc(CCOc2ccc(NC(=O)N(C)C)cc2Cl)cc1. The van der Waals surface area contributed by atoms with Crippen LogP contribution in [0.15, 0.2) is 42.5 Å². The Bertz CT molecular complexity index is 687. The van der Waals surface area contributed by atoms with Crippen molar-refractivity contribution in [1.29, 1.82) is 0 Å². The van der Waals surface area contributed by atoms with Gasteiger partial charge in [0, 0.05) is 26.2 Å². The zero-order chi connectivity index (χ0) is 17.5. The van der Waals surface area contributed by atoms with E-state index in [-0.39, 0.29) is 6.03 Å². The van der Waals surface area contributed by atoms with Crippen molar-refractivity contribution in [2.24, 2.45) is 0 Å². The monoisotopic (exact) mass is 348 g/mol. The molecular formula is C18H21ClN2O3. The van der Waals surface area contributed by atoms with Gasteiger partial charge in [0.15, 0.2) is 0 Å². The molecule has 24 heavy (non-hydrogen) atoms. The number of nitrogens with zero attached hydrogens (tertiary/aromatic N) is 1. The molecule has 0 bridgehead atoms. The molecular weight excluding hydrogens is 328 g/mol. The number of anilines is 1. The first kappa shape index (κ1) is 17.9. The molecule has 2 amide bonds. The van der Waals surface area contributed by atoms with E-state index in [1.165, 1.54) is 4.90 Å². The Balaban J connectivity index is 1.89. The van der Waals surface area contributed by atoms with E-state index in [0.29, 0.717) is 23.1 Å². The number of halogens is 1. The number of amides is 2. The van der Waals surface area contributed by atoms with Crippen LogP contribution in [0, 0.1) is 0 Å². The summed E-state index contributed by atoms with van der Waals surface area (Å²) in [6.07, 6.45) is 0.763. The van der Waals surface area contributed by atoms with Crippen LogP contribution in [-0.2, 0) is 6.42 Å². The van der Waals surface area contributed by atoms with Crippen LogP contribution >= 0.6 is 11.6 Å². The highest BCUT2D eigenvalue weighted by atomic mass is 35.5. The minimum Gasteiger partial charge on any atom is -0.497 e. The van der Waals surface area contributed by atoms with E-state index in [0.717, 1.165) is 17.7 Å². The number of hydrogen-bond acceptors (Lipinski definition) is 3. The number of ether oxygens (including phenoxy) is 2. The highest BCUT2D eigenvalue weighted by Gasteiger charge is 2.07. The van der Waals surface area contributed by atoms with E-state index >= 15 is 0 Å². The molecule has 0 atom stereocenters. The first-order chi connectivity index (χ1) is 11.5. The third-order valence-corrected chi connectivity index (χ3v) is 3.69. The van der Waals surface area contributed by atoms with Gasteiger partial charge in [-0.1, -0.05) is 23.7 Å². The molecule has 2 aromatic rings. The zero-order valence-corrected chi connectivity index (χ0v) is 14.8. The second kappa shape index (κ2) is 8.45. The molecule has 0 aliphatic rings. The number of carbonyl (C=O) groups excluding carboxylic acids is 1. The molecule has 0 spiro atoms. The summed E-state index contributed by atoms with van der Waals surface area (Å²) >= 11 is 6.21. The van der Waals surface area contributed by atoms with Gasteiger partial charge in [-0.15, -0.1) is 0 Å². The van der Waals surface area contributed by atoms with Crippen molar-refractivity contribution in [3.8, 4) is 11.5 Å². The van der Waals surface area contributed by atoms with Crippen molar-refractivity contribution in [2.45, 2.75) is 6.42 Å². The van der Waals surface area contributed by atoms with E-state index in [1.54, 1.807) is 39.4 Å². The van der Waals surface area contributed by atoms with Crippen LogP contribution in [0.2, 0.25) is 5.02 Å². The lowest BCUT2D eigenvalue weighted by Crippen LogP contribution is -2.27. The normalized spacial score (nSPS) is 10.2. The van der Waals surface area contributed by atoms with Crippen LogP contribution in [-0.4, -0.2) is 38.7 Å². The van der Waals surface area contributed by atoms with Crippen LogP contribution in [0.3, 0.4) is 0 Å². The zero-order valence-electron chi connectivity index (χ0n) is 14.0. The average Bonchev–Trinajstić information content (AvgIpc) is 2.57. The molecule has 0 radical (unpaired) electrons. The second-order valence-electron chi connectivity index (χ2n) is 5.42. The average molecular weight is 349 g/mol. The van der Waals surface area contributed by atoms with E-state index in [2.05, 4.69) is 5.32 Å². The van der Waals surface area contributed by atoms with Gasteiger partial charge in [0.2, 0.25) is 0 Å². The summed E-state index contributed by atoms with van der Waals surface area (Å²) < 4.78 is 10.8. The predicted molar refractivity (Wildman–Crippen MR) is 96.4 cm³/mol. The van der Waals surface area contributed by atoms with Crippen molar-refractivity contribution in [2.75, 3.05) is 33.1 Å². The molecule has 6 heteroatoms. The van der Waals surface area contributed by atoms with Crippen LogP contribution in [0.25, 0.3) is 0 Å². The molecule has 5 nitrogen and oxygen atoms in total. The van der Waals surface area contributed by atoms with Crippen LogP contribution in [0.4, 0.5) is 10.5 Å². The molecule has 0 saturated carbocycles. The topological polar surface area (TPSA) is 50.8 Å². The fourth-order valence-corrected chi connectivity index (χ4v) is 2.24. The Hall–Kier alpha value is -2.40. The summed E-state index contributed by atoms with van der Waals surface area (Å²) in [5.41, 5.74) is 1.78. The minimum atomic E-state index is -0.209. The number of nitrogens with one attached hydrogen (secondary N) is 1. The number of urea groups is 1. The highest BCUT2D eigenvalue weighted by molar-refractivity contribution is 6.32. The molecule has 1 N–H and O–H groups in total. The van der Waals surface area contributed by atoms with Crippen LogP contribution in [0.1, 0.15) is 5.56 Å². The molecule has 0 fully saturated rings. The third-order valence-electron chi connectivity index (χ3n) is 3.40. The van der Waals surface area contributed by atoms with Gasteiger partial charge in [-0.05, 0) is 35.9 Å². The smallest absolute Gasteiger partial charge is 0.321 e. The number of methoxy groups -OCH3 is 1. The molecule has 0 heterocycles. The molecule has 0 saturated heterocycles. The maximum absolute atomic E-state index is 11.6. The van der Waals surface area contributed by atoms with Gasteiger partial charge in [0.25, 0.3) is 0 Å². The number of carbonyl (C=O) groups is 1. The lowest BCUT2D eigenvalue weighted by Gasteiger charge is -2.13. The molecule has 0 aliphatic carbocycles. The highest BCUT2D eigenvalue weighted by Crippen LogP contribution is 2.28. The quantitative estimate of drug-likeness (QED) is 0.856. The fourth-order valence-electron chi connectivity index (χ4n) is 2.00. The lowest BCUT2D eigenvalue weighted by molar-refractivity contribution is 0.230. The molecule has 2 aromatic carbocycles. The first-order valence-electron chi connectivity index (χ1n) is 7.53.